The van der Waals surface area contributed by atoms with Gasteiger partial charge in [-0.05, 0) is 94.4 Å². The normalized spacial score (nSPS) is 14.3. The van der Waals surface area contributed by atoms with E-state index in [2.05, 4.69) is 163 Å². The molecule has 9 rings (SSSR count). The van der Waals surface area contributed by atoms with E-state index in [-0.39, 0.29) is 0 Å². The van der Waals surface area contributed by atoms with Crippen LogP contribution in [0.3, 0.4) is 0 Å². The van der Waals surface area contributed by atoms with Crippen LogP contribution >= 0.6 is 0 Å². The molecule has 0 atom stereocenters. The van der Waals surface area contributed by atoms with E-state index in [1.165, 1.54) is 38.3 Å². The van der Waals surface area contributed by atoms with Crippen molar-refractivity contribution in [3.05, 3.63) is 179 Å². The summed E-state index contributed by atoms with van der Waals surface area (Å²) in [4.78, 5) is 7.34. The number of fused-ring (bicyclic) bond motifs is 4. The summed E-state index contributed by atoms with van der Waals surface area (Å²) in [5, 5.41) is 2.51. The lowest BCUT2D eigenvalue weighted by Crippen LogP contribution is -2.40. The Kier molecular flexibility index (Phi) is 6.68. The van der Waals surface area contributed by atoms with Crippen molar-refractivity contribution in [2.45, 2.75) is 12.8 Å². The van der Waals surface area contributed by atoms with Crippen LogP contribution < -0.4 is 20.1 Å². The highest BCUT2D eigenvalue weighted by Crippen LogP contribution is 2.37. The van der Waals surface area contributed by atoms with Gasteiger partial charge in [0.15, 0.2) is 5.76 Å². The Morgan fingerprint density at radius 1 is 0.532 bits per heavy atom. The van der Waals surface area contributed by atoms with Crippen LogP contribution in [0.1, 0.15) is 24.0 Å². The molecule has 0 amide bonds. The molecule has 0 bridgehead atoms. The predicted molar refractivity (Wildman–Crippen MR) is 194 cm³/mol. The fourth-order valence-electron chi connectivity index (χ4n) is 7.21. The van der Waals surface area contributed by atoms with Gasteiger partial charge in [-0.1, -0.05) is 109 Å². The Labute approximate surface area is 274 Å². The van der Waals surface area contributed by atoms with Crippen LogP contribution in [0.4, 0.5) is 17.1 Å². The van der Waals surface area contributed by atoms with Crippen molar-refractivity contribution in [1.82, 2.24) is 0 Å². The molecule has 6 aromatic rings. The first-order valence-corrected chi connectivity index (χ1v) is 16.3. The van der Waals surface area contributed by atoms with Crippen molar-refractivity contribution in [3.8, 4) is 28.0 Å². The third-order valence-corrected chi connectivity index (χ3v) is 9.42. The number of ether oxygens (including phenoxy) is 1. The number of allylic oxidation sites excluding steroid dienone is 1. The van der Waals surface area contributed by atoms with Gasteiger partial charge < -0.3 is 9.64 Å². The van der Waals surface area contributed by atoms with Crippen molar-refractivity contribution >= 4 is 34.4 Å². The van der Waals surface area contributed by atoms with Crippen LogP contribution in [0.2, 0.25) is 0 Å². The van der Waals surface area contributed by atoms with Crippen molar-refractivity contribution in [2.24, 2.45) is 4.99 Å². The van der Waals surface area contributed by atoms with Gasteiger partial charge in [-0.15, -0.1) is 0 Å². The van der Waals surface area contributed by atoms with E-state index >= 15 is 0 Å². The maximum atomic E-state index is 6.51. The average Bonchev–Trinajstić information content (AvgIpc) is 3.60. The monoisotopic (exact) mass is 604 g/mol. The summed E-state index contributed by atoms with van der Waals surface area (Å²) in [6.45, 7) is 0.635. The molecule has 47 heavy (non-hydrogen) atoms. The van der Waals surface area contributed by atoms with Gasteiger partial charge in [-0.2, -0.15) is 0 Å². The first-order valence-electron chi connectivity index (χ1n) is 16.3. The number of benzene rings is 6. The standard InChI is InChI=1S/C44H32N2O/c1-3-10-30(11-4-1)32-18-22-34(23-19-32)46(35-24-20-33(21-25-35)31-12-5-2-6-13-31)40-27-26-39-43-37(15-9-16-38(40)43)36-14-7-8-17-41(36)47-42-28-29-45-44(39)42/h1-8,10-14,16-28H,9,15,29H2. The molecule has 6 aromatic carbocycles. The van der Waals surface area contributed by atoms with Gasteiger partial charge >= 0.3 is 0 Å². The van der Waals surface area contributed by atoms with Crippen LogP contribution in [-0.4, -0.2) is 12.3 Å². The van der Waals surface area contributed by atoms with Gasteiger partial charge in [0, 0.05) is 27.7 Å². The quantitative estimate of drug-likeness (QED) is 0.196. The SMILES string of the molecule is C1=C2Oc3ccccc3C3=c4c(ccc(N(c5ccc(-c6ccccc6)cc5)c5ccc(-c6ccccc6)cc5)c4=CCC3)C2=NC1. The second kappa shape index (κ2) is 11.5. The first-order chi connectivity index (χ1) is 23.3. The van der Waals surface area contributed by atoms with Crippen molar-refractivity contribution < 1.29 is 4.74 Å². The summed E-state index contributed by atoms with van der Waals surface area (Å²) in [5.74, 6) is 1.75. The third kappa shape index (κ3) is 4.79. The molecular weight excluding hydrogens is 572 g/mol. The highest BCUT2D eigenvalue weighted by atomic mass is 16.5. The molecule has 0 unspecified atom stereocenters. The minimum Gasteiger partial charge on any atom is -0.455 e. The highest BCUT2D eigenvalue weighted by molar-refractivity contribution is 6.14. The van der Waals surface area contributed by atoms with E-state index < -0.39 is 0 Å². The van der Waals surface area contributed by atoms with E-state index in [1.807, 2.05) is 0 Å². The molecule has 1 aliphatic carbocycles. The fourth-order valence-corrected chi connectivity index (χ4v) is 7.21. The summed E-state index contributed by atoms with van der Waals surface area (Å²) in [7, 11) is 0. The first kappa shape index (κ1) is 27.4. The van der Waals surface area contributed by atoms with Gasteiger partial charge in [0.2, 0.25) is 0 Å². The Hall–Kier alpha value is -5.93. The fraction of sp³-hybridized carbons (Fsp3) is 0.0682. The van der Waals surface area contributed by atoms with Gasteiger partial charge in [-0.25, -0.2) is 0 Å². The summed E-state index contributed by atoms with van der Waals surface area (Å²) >= 11 is 0. The van der Waals surface area contributed by atoms with Crippen molar-refractivity contribution in [2.75, 3.05) is 11.4 Å². The zero-order valence-corrected chi connectivity index (χ0v) is 25.9. The minimum atomic E-state index is 0.635. The second-order valence-corrected chi connectivity index (χ2v) is 12.2. The molecule has 0 spiro atoms. The van der Waals surface area contributed by atoms with Gasteiger partial charge in [-0.3, -0.25) is 4.99 Å². The molecule has 3 nitrogen and oxygen atoms in total. The number of rotatable bonds is 5. The van der Waals surface area contributed by atoms with Crippen LogP contribution in [0.25, 0.3) is 33.9 Å². The van der Waals surface area contributed by atoms with Crippen LogP contribution in [0.15, 0.2) is 162 Å². The third-order valence-electron chi connectivity index (χ3n) is 9.42. The van der Waals surface area contributed by atoms with Crippen LogP contribution in [0.5, 0.6) is 5.75 Å². The number of hydrogen-bond acceptors (Lipinski definition) is 3. The smallest absolute Gasteiger partial charge is 0.151 e. The molecule has 0 aromatic heterocycles. The molecular formula is C44H32N2O. The van der Waals surface area contributed by atoms with E-state index in [0.29, 0.717) is 6.54 Å². The molecule has 0 saturated heterocycles. The summed E-state index contributed by atoms with van der Waals surface area (Å²) < 4.78 is 6.51. The molecule has 2 aliphatic heterocycles. The molecule has 0 N–H and O–H groups in total. The van der Waals surface area contributed by atoms with Crippen molar-refractivity contribution in [1.29, 1.82) is 0 Å². The molecule has 0 saturated carbocycles. The van der Waals surface area contributed by atoms with E-state index in [4.69, 9.17) is 9.73 Å². The van der Waals surface area contributed by atoms with E-state index in [9.17, 15) is 0 Å². The van der Waals surface area contributed by atoms with E-state index in [1.54, 1.807) is 0 Å². The van der Waals surface area contributed by atoms with Crippen LogP contribution in [-0.2, 0) is 0 Å². The maximum absolute atomic E-state index is 6.51. The van der Waals surface area contributed by atoms with Crippen molar-refractivity contribution in [3.63, 3.8) is 0 Å². The largest absolute Gasteiger partial charge is 0.455 e. The van der Waals surface area contributed by atoms with E-state index in [0.717, 1.165) is 58.3 Å². The maximum Gasteiger partial charge on any atom is 0.151 e. The molecule has 3 aliphatic rings. The topological polar surface area (TPSA) is 24.8 Å². The summed E-state index contributed by atoms with van der Waals surface area (Å²) in [6.07, 6.45) is 6.42. The Balaban J connectivity index is 1.27. The molecule has 0 radical (unpaired) electrons. The molecule has 224 valence electrons. The molecule has 3 heteroatoms. The number of para-hydroxylation sites is 1. The zero-order chi connectivity index (χ0) is 31.2. The highest BCUT2D eigenvalue weighted by Gasteiger charge is 2.27. The molecule has 0 fully saturated rings. The lowest BCUT2D eigenvalue weighted by molar-refractivity contribution is 0.453. The Bertz CT molecular complexity index is 2240. The lowest BCUT2D eigenvalue weighted by Gasteiger charge is -2.29. The Morgan fingerprint density at radius 3 is 1.79 bits per heavy atom. The second-order valence-electron chi connectivity index (χ2n) is 12.2. The average molecular weight is 605 g/mol. The van der Waals surface area contributed by atoms with Gasteiger partial charge in [0.1, 0.15) is 11.5 Å². The summed E-state index contributed by atoms with van der Waals surface area (Å²) in [5.41, 5.74) is 12.8. The van der Waals surface area contributed by atoms with Gasteiger partial charge in [0.05, 0.1) is 12.2 Å². The summed E-state index contributed by atoms with van der Waals surface area (Å²) in [6, 6.07) is 52.0. The number of hydrogen-bond donors (Lipinski definition) is 0. The number of aliphatic imine (C=N–C) groups is 1. The molecule has 2 heterocycles. The van der Waals surface area contributed by atoms with Crippen LogP contribution in [0, 0.1) is 0 Å². The van der Waals surface area contributed by atoms with Gasteiger partial charge in [0.25, 0.3) is 0 Å². The number of nitrogens with zero attached hydrogens (tertiary/aromatic N) is 2. The lowest BCUT2D eigenvalue weighted by atomic mass is 9.87. The predicted octanol–water partition coefficient (Wildman–Crippen LogP) is 9.34. The minimum absolute atomic E-state index is 0.635. The zero-order valence-electron chi connectivity index (χ0n) is 25.9. The Morgan fingerprint density at radius 2 is 1.13 bits per heavy atom. The number of anilines is 3.